The van der Waals surface area contributed by atoms with Gasteiger partial charge in [-0.05, 0) is 36.2 Å². The molecule has 1 aromatic rings. The fourth-order valence-electron chi connectivity index (χ4n) is 2.23. The highest BCUT2D eigenvalue weighted by Crippen LogP contribution is 2.27. The van der Waals surface area contributed by atoms with E-state index < -0.39 is 6.00 Å². The summed E-state index contributed by atoms with van der Waals surface area (Å²) < 4.78 is 10.3. The van der Waals surface area contributed by atoms with Gasteiger partial charge >= 0.3 is 12.0 Å². The molecule has 0 spiro atoms. The van der Waals surface area contributed by atoms with Crippen LogP contribution in [-0.2, 0) is 9.53 Å². The van der Waals surface area contributed by atoms with E-state index in [0.29, 0.717) is 6.61 Å². The molecule has 0 amide bonds. The summed E-state index contributed by atoms with van der Waals surface area (Å²) in [6, 6.07) is 5.94. The van der Waals surface area contributed by atoms with Gasteiger partial charge in [0, 0.05) is 6.08 Å². The second kappa shape index (κ2) is 12.6. The standard InChI is InChI=1S/C18H25Cl3O3Si/c1-23-18(22)13-10-16-8-11-17(12-9-16)24-14-6-4-2-3-5-7-15-25(19,20)21/h8-13H,2-7,14-15H2,1H3/b13-10+. The predicted molar refractivity (Wildman–Crippen MR) is 109 cm³/mol. The fourth-order valence-corrected chi connectivity index (χ4v) is 4.09. The van der Waals surface area contributed by atoms with Crippen LogP contribution in [0.25, 0.3) is 6.08 Å². The van der Waals surface area contributed by atoms with Crippen molar-refractivity contribution in [1.29, 1.82) is 0 Å². The van der Waals surface area contributed by atoms with Crippen LogP contribution < -0.4 is 4.74 Å². The van der Waals surface area contributed by atoms with Gasteiger partial charge in [0.2, 0.25) is 0 Å². The Hall–Kier alpha value is -0.683. The molecule has 0 bridgehead atoms. The summed E-state index contributed by atoms with van der Waals surface area (Å²) in [4.78, 5) is 11.0. The van der Waals surface area contributed by atoms with Crippen molar-refractivity contribution >= 4 is 51.3 Å². The molecule has 3 nitrogen and oxygen atoms in total. The molecule has 7 heteroatoms. The molecule has 0 aliphatic heterocycles. The number of carbonyl (C=O) groups excluding carboxylic acids is 1. The zero-order valence-corrected chi connectivity index (χ0v) is 17.7. The Bertz CT molecular complexity index is 527. The summed E-state index contributed by atoms with van der Waals surface area (Å²) in [7, 11) is 1.36. The van der Waals surface area contributed by atoms with E-state index in [0.717, 1.165) is 43.0 Å². The third-order valence-corrected chi connectivity index (χ3v) is 6.24. The van der Waals surface area contributed by atoms with Crippen molar-refractivity contribution in [1.82, 2.24) is 0 Å². The number of methoxy groups -OCH3 is 1. The molecule has 0 radical (unpaired) electrons. The van der Waals surface area contributed by atoms with E-state index >= 15 is 0 Å². The number of hydrogen-bond donors (Lipinski definition) is 0. The molecule has 0 saturated carbocycles. The van der Waals surface area contributed by atoms with Crippen LogP contribution in [0, 0.1) is 0 Å². The first-order chi connectivity index (χ1) is 11.9. The quantitative estimate of drug-likeness (QED) is 0.131. The van der Waals surface area contributed by atoms with Crippen molar-refractivity contribution in [3.63, 3.8) is 0 Å². The smallest absolute Gasteiger partial charge is 0.341 e. The van der Waals surface area contributed by atoms with Crippen LogP contribution in [-0.4, -0.2) is 25.7 Å². The molecular weight excluding hydrogens is 399 g/mol. The number of benzene rings is 1. The lowest BCUT2D eigenvalue weighted by molar-refractivity contribution is -0.134. The Morgan fingerprint density at radius 2 is 1.60 bits per heavy atom. The highest BCUT2D eigenvalue weighted by molar-refractivity contribution is 7.64. The molecule has 0 aromatic heterocycles. The second-order valence-electron chi connectivity index (χ2n) is 5.76. The minimum atomic E-state index is -2.42. The van der Waals surface area contributed by atoms with Gasteiger partial charge < -0.3 is 9.47 Å². The van der Waals surface area contributed by atoms with E-state index in [4.69, 9.17) is 38.0 Å². The number of ether oxygens (including phenoxy) is 2. The average Bonchev–Trinajstić information content (AvgIpc) is 2.58. The highest BCUT2D eigenvalue weighted by Gasteiger charge is 2.23. The van der Waals surface area contributed by atoms with Crippen LogP contribution in [0.1, 0.15) is 44.1 Å². The summed E-state index contributed by atoms with van der Waals surface area (Å²) in [5.41, 5.74) is 0.927. The van der Waals surface area contributed by atoms with Crippen molar-refractivity contribution in [3.05, 3.63) is 35.9 Å². The minimum Gasteiger partial charge on any atom is -0.494 e. The van der Waals surface area contributed by atoms with Crippen molar-refractivity contribution in [2.75, 3.05) is 13.7 Å². The average molecular weight is 424 g/mol. The molecule has 0 unspecified atom stereocenters. The monoisotopic (exact) mass is 422 g/mol. The first-order valence-electron chi connectivity index (χ1n) is 8.46. The third-order valence-electron chi connectivity index (χ3n) is 3.62. The largest absolute Gasteiger partial charge is 0.494 e. The molecular formula is C18H25Cl3O3Si. The maximum absolute atomic E-state index is 11.0. The summed E-state index contributed by atoms with van der Waals surface area (Å²) in [5.74, 6) is 0.470. The molecule has 0 saturated heterocycles. The van der Waals surface area contributed by atoms with Crippen molar-refractivity contribution in [2.45, 2.75) is 44.6 Å². The number of carbonyl (C=O) groups is 1. The van der Waals surface area contributed by atoms with Gasteiger partial charge in [0.1, 0.15) is 5.75 Å². The van der Waals surface area contributed by atoms with Gasteiger partial charge in [-0.25, -0.2) is 4.79 Å². The van der Waals surface area contributed by atoms with Gasteiger partial charge in [-0.2, -0.15) is 0 Å². The number of esters is 1. The molecule has 0 aliphatic carbocycles. The normalized spacial score (nSPS) is 11.7. The van der Waals surface area contributed by atoms with Crippen molar-refractivity contribution in [3.8, 4) is 5.75 Å². The summed E-state index contributed by atoms with van der Waals surface area (Å²) >= 11 is 17.5. The van der Waals surface area contributed by atoms with Gasteiger partial charge in [-0.15, -0.1) is 33.2 Å². The van der Waals surface area contributed by atoms with E-state index in [9.17, 15) is 4.79 Å². The molecule has 25 heavy (non-hydrogen) atoms. The van der Waals surface area contributed by atoms with Gasteiger partial charge in [-0.3, -0.25) is 0 Å². The number of rotatable bonds is 12. The van der Waals surface area contributed by atoms with Gasteiger partial charge in [0.15, 0.2) is 0 Å². The first kappa shape index (κ1) is 22.4. The maximum atomic E-state index is 11.0. The highest BCUT2D eigenvalue weighted by atomic mass is 35.8. The van der Waals surface area contributed by atoms with Crippen LogP contribution in [0.4, 0.5) is 0 Å². The van der Waals surface area contributed by atoms with Crippen LogP contribution in [0.15, 0.2) is 30.3 Å². The number of unbranched alkanes of at least 4 members (excludes halogenated alkanes) is 5. The Kier molecular flexibility index (Phi) is 11.3. The minimum absolute atomic E-state index is 0.366. The Morgan fingerprint density at radius 3 is 2.20 bits per heavy atom. The molecule has 1 rings (SSSR count). The molecule has 0 N–H and O–H groups in total. The Labute approximate surface area is 165 Å². The van der Waals surface area contributed by atoms with Crippen molar-refractivity contribution in [2.24, 2.45) is 0 Å². The van der Waals surface area contributed by atoms with Gasteiger partial charge in [-0.1, -0.05) is 44.2 Å². The lowest BCUT2D eigenvalue weighted by Gasteiger charge is -2.08. The molecule has 0 fully saturated rings. The first-order valence-corrected chi connectivity index (χ1v) is 13.7. The third kappa shape index (κ3) is 12.3. The van der Waals surface area contributed by atoms with Gasteiger partial charge in [0.25, 0.3) is 0 Å². The summed E-state index contributed by atoms with van der Waals surface area (Å²) in [5, 5.41) is 0. The van der Waals surface area contributed by atoms with E-state index in [2.05, 4.69) is 4.74 Å². The van der Waals surface area contributed by atoms with Crippen LogP contribution >= 0.6 is 33.2 Å². The van der Waals surface area contributed by atoms with E-state index in [1.165, 1.54) is 26.0 Å². The Balaban J connectivity index is 2.08. The van der Waals surface area contributed by atoms with E-state index in [1.54, 1.807) is 6.08 Å². The Morgan fingerprint density at radius 1 is 1.00 bits per heavy atom. The maximum Gasteiger partial charge on any atom is 0.341 e. The molecule has 1 aromatic carbocycles. The lowest BCUT2D eigenvalue weighted by Crippen LogP contribution is -2.07. The second-order valence-corrected chi connectivity index (χ2v) is 15.0. The van der Waals surface area contributed by atoms with E-state index in [-0.39, 0.29) is 5.97 Å². The predicted octanol–water partition coefficient (Wildman–Crippen LogP) is 6.25. The van der Waals surface area contributed by atoms with Crippen LogP contribution in [0.5, 0.6) is 5.75 Å². The van der Waals surface area contributed by atoms with E-state index in [1.807, 2.05) is 24.3 Å². The van der Waals surface area contributed by atoms with Crippen LogP contribution in [0.3, 0.4) is 0 Å². The molecule has 0 aliphatic rings. The van der Waals surface area contributed by atoms with Crippen LogP contribution in [0.2, 0.25) is 6.04 Å². The zero-order valence-electron chi connectivity index (χ0n) is 14.5. The van der Waals surface area contributed by atoms with Crippen molar-refractivity contribution < 1.29 is 14.3 Å². The SMILES string of the molecule is COC(=O)/C=C/c1ccc(OCCCCCCCC[Si](Cl)(Cl)Cl)cc1. The molecule has 0 heterocycles. The fraction of sp³-hybridized carbons (Fsp3) is 0.500. The molecule has 140 valence electrons. The summed E-state index contributed by atoms with van der Waals surface area (Å²) in [6.45, 7) is 0.707. The zero-order chi connectivity index (χ0) is 18.5. The summed E-state index contributed by atoms with van der Waals surface area (Å²) in [6.07, 6.45) is 9.78. The number of hydrogen-bond acceptors (Lipinski definition) is 3. The lowest BCUT2D eigenvalue weighted by atomic mass is 10.1. The molecule has 0 atom stereocenters. The number of halogens is 3. The topological polar surface area (TPSA) is 35.5 Å². The van der Waals surface area contributed by atoms with Gasteiger partial charge in [0.05, 0.1) is 13.7 Å².